The Morgan fingerprint density at radius 1 is 1.30 bits per heavy atom. The molecule has 2 aliphatic heterocycles. The van der Waals surface area contributed by atoms with Crippen LogP contribution in [0.3, 0.4) is 0 Å². The highest BCUT2D eigenvalue weighted by Crippen LogP contribution is 2.37. The SMILES string of the molecule is CCc1ccc(CNC2CCOC3(CCSCC3)C2)s1. The summed E-state index contributed by atoms with van der Waals surface area (Å²) in [7, 11) is 0. The van der Waals surface area contributed by atoms with Crippen LogP contribution in [-0.2, 0) is 17.7 Å². The van der Waals surface area contributed by atoms with Gasteiger partial charge in [-0.1, -0.05) is 6.92 Å². The molecule has 3 rings (SSSR count). The van der Waals surface area contributed by atoms with Gasteiger partial charge in [0.2, 0.25) is 0 Å². The Morgan fingerprint density at radius 2 is 2.10 bits per heavy atom. The Labute approximate surface area is 130 Å². The molecule has 0 saturated carbocycles. The first kappa shape index (κ1) is 14.9. The third-order valence-corrected chi connectivity index (χ3v) is 6.74. The quantitative estimate of drug-likeness (QED) is 0.913. The van der Waals surface area contributed by atoms with Gasteiger partial charge in [-0.25, -0.2) is 0 Å². The molecule has 0 aromatic carbocycles. The van der Waals surface area contributed by atoms with Crippen molar-refractivity contribution in [2.75, 3.05) is 18.1 Å². The largest absolute Gasteiger partial charge is 0.375 e. The molecule has 1 atom stereocenters. The molecule has 2 nitrogen and oxygen atoms in total. The first-order valence-electron chi connectivity index (χ1n) is 7.82. The van der Waals surface area contributed by atoms with E-state index in [4.69, 9.17) is 4.74 Å². The molecule has 1 spiro atoms. The summed E-state index contributed by atoms with van der Waals surface area (Å²) in [6.07, 6.45) is 6.02. The Balaban J connectivity index is 1.52. The van der Waals surface area contributed by atoms with Crippen LogP contribution in [0.1, 0.15) is 42.4 Å². The van der Waals surface area contributed by atoms with Gasteiger partial charge in [0, 0.05) is 28.9 Å². The molecule has 2 fully saturated rings. The molecule has 1 unspecified atom stereocenters. The van der Waals surface area contributed by atoms with Crippen molar-refractivity contribution in [3.05, 3.63) is 21.9 Å². The van der Waals surface area contributed by atoms with E-state index in [1.807, 2.05) is 11.3 Å². The summed E-state index contributed by atoms with van der Waals surface area (Å²) >= 11 is 4.03. The van der Waals surface area contributed by atoms with Gasteiger partial charge in [0.05, 0.1) is 5.60 Å². The van der Waals surface area contributed by atoms with Crippen molar-refractivity contribution in [3.63, 3.8) is 0 Å². The fraction of sp³-hybridized carbons (Fsp3) is 0.750. The first-order valence-corrected chi connectivity index (χ1v) is 9.79. The molecule has 20 heavy (non-hydrogen) atoms. The summed E-state index contributed by atoms with van der Waals surface area (Å²) in [5.74, 6) is 2.55. The zero-order valence-electron chi connectivity index (χ0n) is 12.3. The van der Waals surface area contributed by atoms with Crippen LogP contribution in [0.2, 0.25) is 0 Å². The zero-order valence-corrected chi connectivity index (χ0v) is 14.0. The molecule has 3 heterocycles. The lowest BCUT2D eigenvalue weighted by Gasteiger charge is -2.43. The van der Waals surface area contributed by atoms with Gasteiger partial charge in [0.1, 0.15) is 0 Å². The highest BCUT2D eigenvalue weighted by molar-refractivity contribution is 7.99. The Kier molecular flexibility index (Phi) is 5.08. The van der Waals surface area contributed by atoms with Crippen LogP contribution in [-0.4, -0.2) is 29.8 Å². The average Bonchev–Trinajstić information content (AvgIpc) is 2.94. The van der Waals surface area contributed by atoms with E-state index in [0.29, 0.717) is 6.04 Å². The predicted octanol–water partition coefficient (Wildman–Crippen LogP) is 3.84. The Hall–Kier alpha value is -0.0300. The van der Waals surface area contributed by atoms with Crippen molar-refractivity contribution in [1.82, 2.24) is 5.32 Å². The summed E-state index contributed by atoms with van der Waals surface area (Å²) in [5.41, 5.74) is 0.200. The van der Waals surface area contributed by atoms with Gasteiger partial charge in [0.15, 0.2) is 0 Å². The number of hydrogen-bond acceptors (Lipinski definition) is 4. The maximum Gasteiger partial charge on any atom is 0.0713 e. The van der Waals surface area contributed by atoms with E-state index in [0.717, 1.165) is 19.6 Å². The van der Waals surface area contributed by atoms with E-state index in [1.165, 1.54) is 46.9 Å². The summed E-state index contributed by atoms with van der Waals surface area (Å²) < 4.78 is 6.16. The highest BCUT2D eigenvalue weighted by atomic mass is 32.2. The first-order chi connectivity index (χ1) is 9.80. The van der Waals surface area contributed by atoms with Crippen LogP contribution in [0.15, 0.2) is 12.1 Å². The Morgan fingerprint density at radius 3 is 2.85 bits per heavy atom. The number of thioether (sulfide) groups is 1. The molecular formula is C16H25NOS2. The van der Waals surface area contributed by atoms with Gasteiger partial charge in [-0.15, -0.1) is 11.3 Å². The lowest BCUT2D eigenvalue weighted by atomic mass is 9.85. The van der Waals surface area contributed by atoms with Crippen molar-refractivity contribution >= 4 is 23.1 Å². The summed E-state index contributed by atoms with van der Waals surface area (Å²) in [6, 6.07) is 5.19. The lowest BCUT2D eigenvalue weighted by Crippen LogP contribution is -2.48. The molecule has 0 radical (unpaired) electrons. The maximum atomic E-state index is 6.16. The molecule has 4 heteroatoms. The minimum Gasteiger partial charge on any atom is -0.375 e. The Bertz CT molecular complexity index is 420. The molecule has 1 aromatic rings. The number of ether oxygens (including phenoxy) is 1. The smallest absolute Gasteiger partial charge is 0.0713 e. The summed E-state index contributed by atoms with van der Waals surface area (Å²) in [5, 5.41) is 3.77. The minimum atomic E-state index is 0.200. The van der Waals surface area contributed by atoms with E-state index < -0.39 is 0 Å². The van der Waals surface area contributed by atoms with Gasteiger partial charge in [-0.2, -0.15) is 11.8 Å². The predicted molar refractivity (Wildman–Crippen MR) is 88.8 cm³/mol. The third-order valence-electron chi connectivity index (χ3n) is 4.53. The lowest BCUT2D eigenvalue weighted by molar-refractivity contribution is -0.0933. The fourth-order valence-electron chi connectivity index (χ4n) is 3.25. The standard InChI is InChI=1S/C16H25NOS2/c1-2-14-3-4-15(20-14)12-17-13-5-8-18-16(11-13)6-9-19-10-7-16/h3-4,13,17H,2,5-12H2,1H3. The number of aryl methyl sites for hydroxylation is 1. The molecule has 2 aliphatic rings. The van der Waals surface area contributed by atoms with Crippen molar-refractivity contribution in [3.8, 4) is 0 Å². The molecular weight excluding hydrogens is 286 g/mol. The monoisotopic (exact) mass is 311 g/mol. The minimum absolute atomic E-state index is 0.200. The molecule has 0 bridgehead atoms. The van der Waals surface area contributed by atoms with Crippen molar-refractivity contribution in [1.29, 1.82) is 0 Å². The van der Waals surface area contributed by atoms with Gasteiger partial charge >= 0.3 is 0 Å². The van der Waals surface area contributed by atoms with Gasteiger partial charge in [-0.05, 0) is 55.7 Å². The van der Waals surface area contributed by atoms with E-state index in [9.17, 15) is 0 Å². The average molecular weight is 312 g/mol. The molecule has 1 N–H and O–H groups in total. The molecule has 0 aliphatic carbocycles. The second-order valence-corrected chi connectivity index (χ2v) is 8.41. The topological polar surface area (TPSA) is 21.3 Å². The van der Waals surface area contributed by atoms with Crippen LogP contribution in [0.25, 0.3) is 0 Å². The second-order valence-electron chi connectivity index (χ2n) is 5.94. The number of rotatable bonds is 4. The van der Waals surface area contributed by atoms with E-state index in [1.54, 1.807) is 0 Å². The molecule has 112 valence electrons. The van der Waals surface area contributed by atoms with Crippen LogP contribution in [0, 0.1) is 0 Å². The van der Waals surface area contributed by atoms with Crippen LogP contribution in [0.4, 0.5) is 0 Å². The molecule has 0 amide bonds. The van der Waals surface area contributed by atoms with Crippen LogP contribution in [0.5, 0.6) is 0 Å². The molecule has 2 saturated heterocycles. The van der Waals surface area contributed by atoms with Crippen LogP contribution >= 0.6 is 23.1 Å². The third kappa shape index (κ3) is 3.59. The second kappa shape index (κ2) is 6.82. The van der Waals surface area contributed by atoms with Gasteiger partial charge in [-0.3, -0.25) is 0 Å². The summed E-state index contributed by atoms with van der Waals surface area (Å²) in [6.45, 7) is 4.19. The zero-order chi connectivity index (χ0) is 13.8. The summed E-state index contributed by atoms with van der Waals surface area (Å²) in [4.78, 5) is 2.97. The van der Waals surface area contributed by atoms with Crippen molar-refractivity contribution in [2.24, 2.45) is 0 Å². The normalized spacial score (nSPS) is 25.9. The number of hydrogen-bond donors (Lipinski definition) is 1. The van der Waals surface area contributed by atoms with Crippen LogP contribution < -0.4 is 5.32 Å². The van der Waals surface area contributed by atoms with Gasteiger partial charge in [0.25, 0.3) is 0 Å². The van der Waals surface area contributed by atoms with Crippen molar-refractivity contribution < 1.29 is 4.74 Å². The van der Waals surface area contributed by atoms with E-state index >= 15 is 0 Å². The number of thiophene rings is 1. The fourth-order valence-corrected chi connectivity index (χ4v) is 5.39. The highest BCUT2D eigenvalue weighted by Gasteiger charge is 2.38. The van der Waals surface area contributed by atoms with E-state index in [2.05, 4.69) is 36.1 Å². The molecule has 1 aromatic heterocycles. The maximum absolute atomic E-state index is 6.16. The van der Waals surface area contributed by atoms with E-state index in [-0.39, 0.29) is 5.60 Å². The van der Waals surface area contributed by atoms with Gasteiger partial charge < -0.3 is 10.1 Å². The number of nitrogens with one attached hydrogen (secondary N) is 1. The van der Waals surface area contributed by atoms with Crippen molar-refractivity contribution in [2.45, 2.75) is 57.2 Å².